The lowest BCUT2D eigenvalue weighted by Gasteiger charge is -2.05. The molecule has 3 rings (SSSR count). The summed E-state index contributed by atoms with van der Waals surface area (Å²) < 4.78 is 25.4. The minimum absolute atomic E-state index is 0.00797. The molecule has 0 spiro atoms. The van der Waals surface area contributed by atoms with E-state index in [1.54, 1.807) is 0 Å². The van der Waals surface area contributed by atoms with E-state index in [9.17, 15) is 18.4 Å². The lowest BCUT2D eigenvalue weighted by Crippen LogP contribution is -2.27. The van der Waals surface area contributed by atoms with E-state index < -0.39 is 24.4 Å². The van der Waals surface area contributed by atoms with Gasteiger partial charge in [0, 0.05) is 0 Å². The zero-order valence-electron chi connectivity index (χ0n) is 11.3. The highest BCUT2D eigenvalue weighted by Gasteiger charge is 2.24. The molecule has 10 heteroatoms. The molecule has 1 aliphatic carbocycles. The van der Waals surface area contributed by atoms with Crippen molar-refractivity contribution in [3.8, 4) is 0 Å². The first kappa shape index (κ1) is 14.3. The number of hydrogen-bond donors (Lipinski definition) is 2. The quantitative estimate of drug-likeness (QED) is 0.848. The zero-order valence-corrected chi connectivity index (χ0v) is 11.3. The van der Waals surface area contributed by atoms with Crippen molar-refractivity contribution in [2.45, 2.75) is 32.2 Å². The van der Waals surface area contributed by atoms with Gasteiger partial charge in [0.15, 0.2) is 5.82 Å². The van der Waals surface area contributed by atoms with Crippen molar-refractivity contribution in [3.05, 3.63) is 33.4 Å². The van der Waals surface area contributed by atoms with Crippen molar-refractivity contribution in [2.24, 2.45) is 0 Å². The fourth-order valence-corrected chi connectivity index (χ4v) is 2.44. The molecule has 0 aromatic carbocycles. The molecule has 0 fully saturated rings. The molecule has 1 aliphatic rings. The number of hydrogen-bond acceptors (Lipinski definition) is 5. The van der Waals surface area contributed by atoms with Crippen LogP contribution in [-0.2, 0) is 19.4 Å². The highest BCUT2D eigenvalue weighted by atomic mass is 19.3. The topological polar surface area (TPSA) is 106 Å². The van der Waals surface area contributed by atoms with Crippen LogP contribution in [0, 0.1) is 0 Å². The molecule has 2 aromatic heterocycles. The van der Waals surface area contributed by atoms with Gasteiger partial charge in [0.1, 0.15) is 12.1 Å². The minimum Gasteiger partial charge on any atom is -0.304 e. The van der Waals surface area contributed by atoms with Gasteiger partial charge in [0.05, 0.1) is 11.9 Å². The summed E-state index contributed by atoms with van der Waals surface area (Å²) >= 11 is 0. The predicted molar refractivity (Wildman–Crippen MR) is 70.9 cm³/mol. The van der Waals surface area contributed by atoms with Crippen molar-refractivity contribution >= 4 is 11.7 Å². The zero-order chi connectivity index (χ0) is 15.7. The molecule has 0 atom stereocenters. The van der Waals surface area contributed by atoms with Gasteiger partial charge < -0.3 is 5.32 Å². The first-order chi connectivity index (χ1) is 10.5. The number of halogens is 2. The number of aromatic amines is 1. The van der Waals surface area contributed by atoms with E-state index in [2.05, 4.69) is 25.8 Å². The third kappa shape index (κ3) is 2.71. The molecule has 1 amide bonds. The number of carbonyl (C=O) groups is 1. The van der Waals surface area contributed by atoms with Crippen LogP contribution in [0.2, 0.25) is 0 Å². The van der Waals surface area contributed by atoms with Crippen LogP contribution in [-0.4, -0.2) is 37.5 Å². The lowest BCUT2D eigenvalue weighted by atomic mass is 10.1. The standard InChI is InChI=1S/C12H12F2N6O2/c13-8(14)4-20-5-9(17-19-20)15-11(21)10-6-2-1-3-7(6)16-18-12(10)22/h5,8H,1-4H2,(H,15,21)(H,18,22). The van der Waals surface area contributed by atoms with Gasteiger partial charge in [-0.2, -0.15) is 5.10 Å². The Morgan fingerprint density at radius 2 is 2.27 bits per heavy atom. The smallest absolute Gasteiger partial charge is 0.277 e. The number of anilines is 1. The molecule has 2 aromatic rings. The fraction of sp³-hybridized carbons (Fsp3) is 0.417. The highest BCUT2D eigenvalue weighted by Crippen LogP contribution is 2.21. The third-order valence-electron chi connectivity index (χ3n) is 3.34. The summed E-state index contributed by atoms with van der Waals surface area (Å²) in [5.41, 5.74) is 0.733. The molecule has 116 valence electrons. The van der Waals surface area contributed by atoms with Crippen molar-refractivity contribution in [1.82, 2.24) is 25.2 Å². The Morgan fingerprint density at radius 1 is 1.45 bits per heavy atom. The maximum absolute atomic E-state index is 12.2. The number of carbonyl (C=O) groups excluding carboxylic acids is 1. The number of alkyl halides is 2. The fourth-order valence-electron chi connectivity index (χ4n) is 2.44. The van der Waals surface area contributed by atoms with Gasteiger partial charge in [-0.25, -0.2) is 18.6 Å². The molecule has 0 bridgehead atoms. The SMILES string of the molecule is O=C(Nc1cn(CC(F)F)nn1)c1c2c(n[nH]c1=O)CCC2. The Labute approximate surface area is 122 Å². The molecule has 0 unspecified atom stereocenters. The van der Waals surface area contributed by atoms with Crippen molar-refractivity contribution < 1.29 is 13.6 Å². The Hall–Kier alpha value is -2.65. The van der Waals surface area contributed by atoms with Crippen molar-refractivity contribution in [3.63, 3.8) is 0 Å². The van der Waals surface area contributed by atoms with Crippen LogP contribution in [0.5, 0.6) is 0 Å². The Kier molecular flexibility index (Phi) is 3.65. The van der Waals surface area contributed by atoms with Crippen molar-refractivity contribution in [2.75, 3.05) is 5.32 Å². The summed E-state index contributed by atoms with van der Waals surface area (Å²) in [5.74, 6) is -0.639. The van der Waals surface area contributed by atoms with Gasteiger partial charge in [0.2, 0.25) is 0 Å². The molecule has 2 N–H and O–H groups in total. The molecule has 8 nitrogen and oxygen atoms in total. The van der Waals surface area contributed by atoms with Gasteiger partial charge >= 0.3 is 0 Å². The van der Waals surface area contributed by atoms with Crippen LogP contribution in [0.1, 0.15) is 28.0 Å². The van der Waals surface area contributed by atoms with Crippen LogP contribution >= 0.6 is 0 Å². The summed E-state index contributed by atoms with van der Waals surface area (Å²) in [7, 11) is 0. The predicted octanol–water partition coefficient (Wildman–Crippen LogP) is 0.367. The van der Waals surface area contributed by atoms with Crippen LogP contribution in [0.3, 0.4) is 0 Å². The van der Waals surface area contributed by atoms with E-state index in [4.69, 9.17) is 0 Å². The number of aryl methyl sites for hydroxylation is 1. The number of aromatic nitrogens is 5. The summed E-state index contributed by atoms with van der Waals surface area (Å²) in [6.45, 7) is -0.617. The number of nitrogens with zero attached hydrogens (tertiary/aromatic N) is 4. The first-order valence-corrected chi connectivity index (χ1v) is 6.64. The maximum Gasteiger partial charge on any atom is 0.277 e. The Balaban J connectivity index is 1.82. The van der Waals surface area contributed by atoms with Gasteiger partial charge in [0.25, 0.3) is 17.9 Å². The Bertz CT molecular complexity index is 769. The van der Waals surface area contributed by atoms with Crippen LogP contribution in [0.4, 0.5) is 14.6 Å². The summed E-state index contributed by atoms with van der Waals surface area (Å²) in [4.78, 5) is 24.1. The number of H-pyrrole nitrogens is 1. The number of rotatable bonds is 4. The van der Waals surface area contributed by atoms with E-state index in [0.717, 1.165) is 11.1 Å². The second-order valence-electron chi connectivity index (χ2n) is 4.88. The van der Waals surface area contributed by atoms with Gasteiger partial charge in [-0.3, -0.25) is 9.59 Å². The largest absolute Gasteiger partial charge is 0.304 e. The lowest BCUT2D eigenvalue weighted by molar-refractivity contribution is 0.102. The number of fused-ring (bicyclic) bond motifs is 1. The van der Waals surface area contributed by atoms with E-state index in [1.807, 2.05) is 0 Å². The normalized spacial score (nSPS) is 13.4. The van der Waals surface area contributed by atoms with E-state index >= 15 is 0 Å². The molecule has 2 heterocycles. The van der Waals surface area contributed by atoms with E-state index in [-0.39, 0.29) is 11.4 Å². The summed E-state index contributed by atoms with van der Waals surface area (Å²) in [5, 5.41) is 15.6. The molecule has 0 aliphatic heterocycles. The average Bonchev–Trinajstić information content (AvgIpc) is 3.07. The Morgan fingerprint density at radius 3 is 3.05 bits per heavy atom. The molecular weight excluding hydrogens is 298 g/mol. The second-order valence-corrected chi connectivity index (χ2v) is 4.88. The molecular formula is C12H12F2N6O2. The second kappa shape index (κ2) is 5.62. The maximum atomic E-state index is 12.2. The first-order valence-electron chi connectivity index (χ1n) is 6.64. The number of amides is 1. The van der Waals surface area contributed by atoms with Crippen LogP contribution in [0.15, 0.2) is 11.0 Å². The summed E-state index contributed by atoms with van der Waals surface area (Å²) in [6, 6.07) is 0. The minimum atomic E-state index is -2.57. The van der Waals surface area contributed by atoms with E-state index in [1.165, 1.54) is 6.20 Å². The monoisotopic (exact) mass is 310 g/mol. The van der Waals surface area contributed by atoms with Gasteiger partial charge in [-0.15, -0.1) is 5.10 Å². The van der Waals surface area contributed by atoms with Crippen LogP contribution < -0.4 is 10.9 Å². The van der Waals surface area contributed by atoms with Crippen molar-refractivity contribution in [1.29, 1.82) is 0 Å². The van der Waals surface area contributed by atoms with Crippen LogP contribution in [0.25, 0.3) is 0 Å². The molecule has 0 radical (unpaired) electrons. The van der Waals surface area contributed by atoms with E-state index in [0.29, 0.717) is 24.1 Å². The molecule has 0 saturated heterocycles. The molecule has 22 heavy (non-hydrogen) atoms. The molecule has 0 saturated carbocycles. The number of nitrogens with one attached hydrogen (secondary N) is 2. The average molecular weight is 310 g/mol. The third-order valence-corrected chi connectivity index (χ3v) is 3.34. The van der Waals surface area contributed by atoms with Gasteiger partial charge in [-0.05, 0) is 24.8 Å². The van der Waals surface area contributed by atoms with Gasteiger partial charge in [-0.1, -0.05) is 5.21 Å². The summed E-state index contributed by atoms with van der Waals surface area (Å²) in [6.07, 6.45) is 0.741. The highest BCUT2D eigenvalue weighted by molar-refractivity contribution is 6.04.